The summed E-state index contributed by atoms with van der Waals surface area (Å²) in [5.74, 6) is 0.195. The van der Waals surface area contributed by atoms with Crippen LogP contribution in [0.3, 0.4) is 0 Å². The molecule has 0 aliphatic rings. The van der Waals surface area contributed by atoms with Crippen LogP contribution in [0.1, 0.15) is 0 Å². The lowest BCUT2D eigenvalue weighted by atomic mass is 10.3. The van der Waals surface area contributed by atoms with Gasteiger partial charge in [-0.3, -0.25) is 0 Å². The lowest BCUT2D eigenvalue weighted by Gasteiger charge is -2.09. The normalized spacial score (nSPS) is 11.1. The summed E-state index contributed by atoms with van der Waals surface area (Å²) in [6.45, 7) is 0.362. The SMILES string of the molecule is NS(=O)(=O)c1ccc(OCCOc2ccccc2F)cc1. The van der Waals surface area contributed by atoms with E-state index in [2.05, 4.69) is 0 Å². The molecule has 2 N–H and O–H groups in total. The monoisotopic (exact) mass is 311 g/mol. The van der Waals surface area contributed by atoms with Crippen LogP contribution >= 0.6 is 0 Å². The van der Waals surface area contributed by atoms with Gasteiger partial charge in [0.05, 0.1) is 4.90 Å². The first kappa shape index (κ1) is 15.3. The van der Waals surface area contributed by atoms with E-state index in [1.54, 1.807) is 12.1 Å². The summed E-state index contributed by atoms with van der Waals surface area (Å²) in [4.78, 5) is 0.0115. The highest BCUT2D eigenvalue weighted by Crippen LogP contribution is 2.16. The molecule has 0 aliphatic heterocycles. The third kappa shape index (κ3) is 4.44. The number of rotatable bonds is 6. The number of para-hydroxylation sites is 1. The van der Waals surface area contributed by atoms with E-state index in [1.807, 2.05) is 0 Å². The van der Waals surface area contributed by atoms with E-state index < -0.39 is 15.8 Å². The van der Waals surface area contributed by atoms with Crippen molar-refractivity contribution in [2.45, 2.75) is 4.90 Å². The van der Waals surface area contributed by atoms with Crippen LogP contribution in [0.5, 0.6) is 11.5 Å². The predicted molar refractivity (Wildman–Crippen MR) is 75.2 cm³/mol. The van der Waals surface area contributed by atoms with Gasteiger partial charge in [0.2, 0.25) is 10.0 Å². The first-order valence-electron chi connectivity index (χ1n) is 6.10. The summed E-state index contributed by atoms with van der Waals surface area (Å²) in [6.07, 6.45) is 0. The minimum absolute atomic E-state index is 0.0115. The number of hydrogen-bond acceptors (Lipinski definition) is 4. The number of primary sulfonamides is 1. The van der Waals surface area contributed by atoms with Gasteiger partial charge in [0.1, 0.15) is 19.0 Å². The molecule has 0 aromatic heterocycles. The Morgan fingerprint density at radius 1 is 0.952 bits per heavy atom. The minimum atomic E-state index is -3.71. The fraction of sp³-hybridized carbons (Fsp3) is 0.143. The fourth-order valence-corrected chi connectivity index (χ4v) is 2.11. The molecule has 7 heteroatoms. The second-order valence-corrected chi connectivity index (χ2v) is 5.71. The zero-order valence-electron chi connectivity index (χ0n) is 11.0. The number of benzene rings is 2. The van der Waals surface area contributed by atoms with E-state index in [1.165, 1.54) is 36.4 Å². The Bertz CT molecular complexity index is 701. The summed E-state index contributed by atoms with van der Waals surface area (Å²) >= 11 is 0. The Labute approximate surface area is 122 Å². The molecule has 2 aromatic carbocycles. The fourth-order valence-electron chi connectivity index (χ4n) is 1.60. The van der Waals surface area contributed by atoms with Crippen LogP contribution in [0.25, 0.3) is 0 Å². The highest BCUT2D eigenvalue weighted by atomic mass is 32.2. The lowest BCUT2D eigenvalue weighted by molar-refractivity contribution is 0.211. The molecule has 21 heavy (non-hydrogen) atoms. The van der Waals surface area contributed by atoms with Gasteiger partial charge < -0.3 is 9.47 Å². The molecular weight excluding hydrogens is 297 g/mol. The van der Waals surface area contributed by atoms with Crippen LogP contribution in [0.4, 0.5) is 4.39 Å². The van der Waals surface area contributed by atoms with Crippen molar-refractivity contribution in [3.63, 3.8) is 0 Å². The number of nitrogens with two attached hydrogens (primary N) is 1. The van der Waals surface area contributed by atoms with Gasteiger partial charge in [-0.05, 0) is 36.4 Å². The summed E-state index contributed by atoms with van der Waals surface area (Å²) in [7, 11) is -3.71. The smallest absolute Gasteiger partial charge is 0.238 e. The topological polar surface area (TPSA) is 78.6 Å². The molecule has 5 nitrogen and oxygen atoms in total. The van der Waals surface area contributed by atoms with Gasteiger partial charge in [-0.15, -0.1) is 0 Å². The largest absolute Gasteiger partial charge is 0.490 e. The van der Waals surface area contributed by atoms with Gasteiger partial charge >= 0.3 is 0 Å². The van der Waals surface area contributed by atoms with E-state index in [0.717, 1.165) is 0 Å². The van der Waals surface area contributed by atoms with Crippen LogP contribution in [0, 0.1) is 5.82 Å². The molecule has 0 saturated heterocycles. The van der Waals surface area contributed by atoms with Crippen molar-refractivity contribution in [3.05, 3.63) is 54.3 Å². The molecule has 0 bridgehead atoms. The van der Waals surface area contributed by atoms with Crippen molar-refractivity contribution < 1.29 is 22.3 Å². The number of halogens is 1. The average molecular weight is 311 g/mol. The van der Waals surface area contributed by atoms with E-state index in [0.29, 0.717) is 5.75 Å². The van der Waals surface area contributed by atoms with Gasteiger partial charge in [-0.1, -0.05) is 12.1 Å². The van der Waals surface area contributed by atoms with E-state index in [-0.39, 0.29) is 23.9 Å². The van der Waals surface area contributed by atoms with Crippen molar-refractivity contribution in [2.24, 2.45) is 5.14 Å². The minimum Gasteiger partial charge on any atom is -0.490 e. The summed E-state index contributed by atoms with van der Waals surface area (Å²) in [5.41, 5.74) is 0. The summed E-state index contributed by atoms with van der Waals surface area (Å²) < 4.78 is 46.0. The Morgan fingerprint density at radius 3 is 2.19 bits per heavy atom. The lowest BCUT2D eigenvalue weighted by Crippen LogP contribution is -2.12. The maximum absolute atomic E-state index is 13.3. The Kier molecular flexibility index (Phi) is 4.77. The molecule has 0 saturated carbocycles. The second kappa shape index (κ2) is 6.55. The van der Waals surface area contributed by atoms with Crippen LogP contribution in [-0.4, -0.2) is 21.6 Å². The summed E-state index contributed by atoms with van der Waals surface area (Å²) in [5, 5.41) is 4.98. The molecule has 112 valence electrons. The molecule has 2 aromatic rings. The van der Waals surface area contributed by atoms with E-state index >= 15 is 0 Å². The van der Waals surface area contributed by atoms with Crippen LogP contribution < -0.4 is 14.6 Å². The Hall–Kier alpha value is -2.12. The summed E-state index contributed by atoms with van der Waals surface area (Å²) in [6, 6.07) is 11.8. The predicted octanol–water partition coefficient (Wildman–Crippen LogP) is 1.93. The van der Waals surface area contributed by atoms with Gasteiger partial charge in [0.25, 0.3) is 0 Å². The highest BCUT2D eigenvalue weighted by Gasteiger charge is 2.07. The number of hydrogen-bond donors (Lipinski definition) is 1. The van der Waals surface area contributed by atoms with Crippen molar-refractivity contribution in [2.75, 3.05) is 13.2 Å². The molecule has 0 aliphatic carbocycles. The molecule has 2 rings (SSSR count). The standard InChI is InChI=1S/C14H14FNO4S/c15-13-3-1-2-4-14(13)20-10-9-19-11-5-7-12(8-6-11)21(16,17)18/h1-8H,9-10H2,(H2,16,17,18). The first-order chi connectivity index (χ1) is 9.97. The van der Waals surface area contributed by atoms with Gasteiger partial charge in [0.15, 0.2) is 11.6 Å². The maximum Gasteiger partial charge on any atom is 0.238 e. The Morgan fingerprint density at radius 2 is 1.57 bits per heavy atom. The molecule has 0 atom stereocenters. The van der Waals surface area contributed by atoms with Gasteiger partial charge in [0, 0.05) is 0 Å². The zero-order chi connectivity index (χ0) is 15.3. The maximum atomic E-state index is 13.3. The quantitative estimate of drug-likeness (QED) is 0.827. The first-order valence-corrected chi connectivity index (χ1v) is 7.64. The Balaban J connectivity index is 1.83. The van der Waals surface area contributed by atoms with Crippen molar-refractivity contribution >= 4 is 10.0 Å². The van der Waals surface area contributed by atoms with Crippen LogP contribution in [0.2, 0.25) is 0 Å². The third-order valence-electron chi connectivity index (χ3n) is 2.60. The zero-order valence-corrected chi connectivity index (χ0v) is 11.8. The average Bonchev–Trinajstić information content (AvgIpc) is 2.45. The van der Waals surface area contributed by atoms with Crippen LogP contribution in [-0.2, 0) is 10.0 Å². The van der Waals surface area contributed by atoms with Crippen LogP contribution in [0.15, 0.2) is 53.4 Å². The molecule has 0 heterocycles. The van der Waals surface area contributed by atoms with Gasteiger partial charge in [-0.25, -0.2) is 17.9 Å². The molecule has 0 fully saturated rings. The van der Waals surface area contributed by atoms with E-state index in [4.69, 9.17) is 14.6 Å². The second-order valence-electron chi connectivity index (χ2n) is 4.14. The molecular formula is C14H14FNO4S. The third-order valence-corrected chi connectivity index (χ3v) is 3.53. The molecule has 0 spiro atoms. The van der Waals surface area contributed by atoms with Crippen molar-refractivity contribution in [1.82, 2.24) is 0 Å². The molecule has 0 amide bonds. The van der Waals surface area contributed by atoms with Gasteiger partial charge in [-0.2, -0.15) is 0 Å². The highest BCUT2D eigenvalue weighted by molar-refractivity contribution is 7.89. The number of sulfonamides is 1. The molecule has 0 radical (unpaired) electrons. The van der Waals surface area contributed by atoms with Crippen molar-refractivity contribution in [1.29, 1.82) is 0 Å². The number of ether oxygens (including phenoxy) is 2. The van der Waals surface area contributed by atoms with E-state index in [9.17, 15) is 12.8 Å². The van der Waals surface area contributed by atoms with Crippen molar-refractivity contribution in [3.8, 4) is 11.5 Å². The molecule has 0 unspecified atom stereocenters.